The molecule has 4 heteroatoms. The molecule has 27 heavy (non-hydrogen) atoms. The SMILES string of the molecule is N#CCc1ccc(NC(=O)CCOc2ccccc2-c2ccccc2)cc1. The predicted molar refractivity (Wildman–Crippen MR) is 106 cm³/mol. The van der Waals surface area contributed by atoms with Gasteiger partial charge in [0.25, 0.3) is 0 Å². The number of rotatable bonds is 7. The van der Waals surface area contributed by atoms with Gasteiger partial charge in [-0.1, -0.05) is 60.7 Å². The number of ether oxygens (including phenoxy) is 1. The molecular formula is C23H20N2O2. The van der Waals surface area contributed by atoms with Gasteiger partial charge in [0.05, 0.1) is 25.5 Å². The van der Waals surface area contributed by atoms with Crippen molar-refractivity contribution in [1.82, 2.24) is 0 Å². The van der Waals surface area contributed by atoms with Crippen molar-refractivity contribution in [2.75, 3.05) is 11.9 Å². The third kappa shape index (κ3) is 5.20. The summed E-state index contributed by atoms with van der Waals surface area (Å²) in [7, 11) is 0. The van der Waals surface area contributed by atoms with E-state index in [4.69, 9.17) is 10.00 Å². The minimum absolute atomic E-state index is 0.111. The van der Waals surface area contributed by atoms with Crippen LogP contribution in [0.5, 0.6) is 5.75 Å². The van der Waals surface area contributed by atoms with Crippen molar-refractivity contribution in [3.05, 3.63) is 84.4 Å². The molecule has 0 saturated carbocycles. The maximum Gasteiger partial charge on any atom is 0.227 e. The average molecular weight is 356 g/mol. The van der Waals surface area contributed by atoms with Gasteiger partial charge >= 0.3 is 0 Å². The number of carbonyl (C=O) groups excluding carboxylic acids is 1. The lowest BCUT2D eigenvalue weighted by Crippen LogP contribution is -2.15. The number of carbonyl (C=O) groups is 1. The van der Waals surface area contributed by atoms with Gasteiger partial charge in [0.1, 0.15) is 5.75 Å². The van der Waals surface area contributed by atoms with Gasteiger partial charge in [-0.05, 0) is 29.3 Å². The second-order valence-corrected chi connectivity index (χ2v) is 6.04. The zero-order valence-electron chi connectivity index (χ0n) is 14.9. The minimum Gasteiger partial charge on any atom is -0.492 e. The predicted octanol–water partition coefficient (Wildman–Crippen LogP) is 4.83. The summed E-state index contributed by atoms with van der Waals surface area (Å²) < 4.78 is 5.85. The van der Waals surface area contributed by atoms with Gasteiger partial charge in [-0.15, -0.1) is 0 Å². The Balaban J connectivity index is 1.54. The number of anilines is 1. The zero-order valence-corrected chi connectivity index (χ0v) is 14.9. The first-order chi connectivity index (χ1) is 13.3. The standard InChI is InChI=1S/C23H20N2O2/c24-16-14-18-10-12-20(13-11-18)25-23(26)15-17-27-22-9-5-4-8-21(22)19-6-2-1-3-7-19/h1-13H,14-15,17H2,(H,25,26). The Morgan fingerprint density at radius 2 is 1.63 bits per heavy atom. The van der Waals surface area contributed by atoms with Crippen molar-refractivity contribution >= 4 is 11.6 Å². The van der Waals surface area contributed by atoms with E-state index in [-0.39, 0.29) is 12.3 Å². The van der Waals surface area contributed by atoms with Gasteiger partial charge in [0.15, 0.2) is 0 Å². The number of amides is 1. The molecular weight excluding hydrogens is 336 g/mol. The quantitative estimate of drug-likeness (QED) is 0.660. The summed E-state index contributed by atoms with van der Waals surface area (Å²) in [6.07, 6.45) is 0.617. The molecule has 0 heterocycles. The molecule has 0 saturated heterocycles. The van der Waals surface area contributed by atoms with Crippen LogP contribution in [0.15, 0.2) is 78.9 Å². The molecule has 3 aromatic rings. The van der Waals surface area contributed by atoms with E-state index in [1.165, 1.54) is 0 Å². The van der Waals surface area contributed by atoms with E-state index in [1.54, 1.807) is 12.1 Å². The fourth-order valence-corrected chi connectivity index (χ4v) is 2.72. The van der Waals surface area contributed by atoms with E-state index in [1.807, 2.05) is 66.7 Å². The molecule has 3 rings (SSSR count). The van der Waals surface area contributed by atoms with Crippen molar-refractivity contribution < 1.29 is 9.53 Å². The molecule has 0 aliphatic rings. The van der Waals surface area contributed by atoms with Crippen molar-refractivity contribution in [2.24, 2.45) is 0 Å². The third-order valence-electron chi connectivity index (χ3n) is 4.08. The topological polar surface area (TPSA) is 62.1 Å². The molecule has 0 spiro atoms. The number of nitriles is 1. The van der Waals surface area contributed by atoms with Crippen molar-refractivity contribution in [3.63, 3.8) is 0 Å². The second kappa shape index (κ2) is 9.21. The maximum atomic E-state index is 12.1. The number of nitrogens with zero attached hydrogens (tertiary/aromatic N) is 1. The molecule has 0 radical (unpaired) electrons. The zero-order chi connectivity index (χ0) is 18.9. The lowest BCUT2D eigenvalue weighted by Gasteiger charge is -2.12. The highest BCUT2D eigenvalue weighted by Gasteiger charge is 2.07. The Kier molecular flexibility index (Phi) is 6.21. The molecule has 0 bridgehead atoms. The molecule has 3 aromatic carbocycles. The summed E-state index contributed by atoms with van der Waals surface area (Å²) in [5.74, 6) is 0.651. The third-order valence-corrected chi connectivity index (χ3v) is 4.08. The van der Waals surface area contributed by atoms with E-state index in [9.17, 15) is 4.79 Å². The Bertz CT molecular complexity index is 929. The Morgan fingerprint density at radius 1 is 0.926 bits per heavy atom. The molecule has 1 amide bonds. The van der Waals surface area contributed by atoms with Gasteiger partial charge in [-0.3, -0.25) is 4.79 Å². The molecule has 0 atom stereocenters. The summed E-state index contributed by atoms with van der Waals surface area (Å²) in [6.45, 7) is 0.294. The highest BCUT2D eigenvalue weighted by molar-refractivity contribution is 5.90. The second-order valence-electron chi connectivity index (χ2n) is 6.04. The minimum atomic E-state index is -0.111. The van der Waals surface area contributed by atoms with Crippen LogP contribution in [0.2, 0.25) is 0 Å². The summed E-state index contributed by atoms with van der Waals surface area (Å²) >= 11 is 0. The van der Waals surface area contributed by atoms with Gasteiger partial charge in [-0.25, -0.2) is 0 Å². The van der Waals surface area contributed by atoms with Gasteiger partial charge in [-0.2, -0.15) is 5.26 Å². The monoisotopic (exact) mass is 356 g/mol. The Morgan fingerprint density at radius 3 is 2.37 bits per heavy atom. The van der Waals surface area contributed by atoms with E-state index >= 15 is 0 Å². The largest absolute Gasteiger partial charge is 0.492 e. The first-order valence-electron chi connectivity index (χ1n) is 8.79. The summed E-state index contributed by atoms with van der Waals surface area (Å²) in [5.41, 5.74) is 3.73. The highest BCUT2D eigenvalue weighted by Crippen LogP contribution is 2.29. The van der Waals surface area contributed by atoms with Crippen LogP contribution in [0.3, 0.4) is 0 Å². The summed E-state index contributed by atoms with van der Waals surface area (Å²) in [4.78, 5) is 12.1. The van der Waals surface area contributed by atoms with Gasteiger partial charge < -0.3 is 10.1 Å². The lowest BCUT2D eigenvalue weighted by molar-refractivity contribution is -0.116. The van der Waals surface area contributed by atoms with Crippen LogP contribution in [0.1, 0.15) is 12.0 Å². The fraction of sp³-hybridized carbons (Fsp3) is 0.130. The van der Waals surface area contributed by atoms with E-state index in [2.05, 4.69) is 11.4 Å². The molecule has 1 N–H and O–H groups in total. The molecule has 0 aliphatic heterocycles. The molecule has 0 fully saturated rings. The Labute approximate surface area is 159 Å². The van der Waals surface area contributed by atoms with Gasteiger partial charge in [0, 0.05) is 11.3 Å². The molecule has 0 unspecified atom stereocenters. The van der Waals surface area contributed by atoms with Crippen LogP contribution in [0.4, 0.5) is 5.69 Å². The number of hydrogen-bond acceptors (Lipinski definition) is 3. The van der Waals surface area contributed by atoms with E-state index in [0.29, 0.717) is 18.7 Å². The summed E-state index contributed by atoms with van der Waals surface area (Å²) in [6, 6.07) is 27.2. The first kappa shape index (κ1) is 18.2. The molecule has 4 nitrogen and oxygen atoms in total. The maximum absolute atomic E-state index is 12.1. The molecule has 0 aliphatic carbocycles. The average Bonchev–Trinajstić information content (AvgIpc) is 2.71. The van der Waals surface area contributed by atoms with Crippen LogP contribution in [0, 0.1) is 11.3 Å². The van der Waals surface area contributed by atoms with Gasteiger partial charge in [0.2, 0.25) is 5.91 Å². The Hall–Kier alpha value is -3.58. The van der Waals surface area contributed by atoms with Crippen molar-refractivity contribution in [2.45, 2.75) is 12.8 Å². The normalized spacial score (nSPS) is 10.0. The number of nitrogens with one attached hydrogen (secondary N) is 1. The van der Waals surface area contributed by atoms with Crippen molar-refractivity contribution in [1.29, 1.82) is 5.26 Å². The van der Waals surface area contributed by atoms with E-state index < -0.39 is 0 Å². The number of para-hydroxylation sites is 1. The smallest absolute Gasteiger partial charge is 0.227 e. The number of hydrogen-bond donors (Lipinski definition) is 1. The van der Waals surface area contributed by atoms with Crippen LogP contribution < -0.4 is 10.1 Å². The first-order valence-corrected chi connectivity index (χ1v) is 8.79. The molecule has 134 valence electrons. The van der Waals surface area contributed by atoms with Crippen LogP contribution in [-0.4, -0.2) is 12.5 Å². The highest BCUT2D eigenvalue weighted by atomic mass is 16.5. The summed E-state index contributed by atoms with van der Waals surface area (Å²) in [5, 5.41) is 11.5. The lowest BCUT2D eigenvalue weighted by atomic mass is 10.1. The van der Waals surface area contributed by atoms with E-state index in [0.717, 1.165) is 22.4 Å². The van der Waals surface area contributed by atoms with Crippen molar-refractivity contribution in [3.8, 4) is 22.9 Å². The van der Waals surface area contributed by atoms with Crippen LogP contribution in [-0.2, 0) is 11.2 Å². The van der Waals surface area contributed by atoms with Crippen LogP contribution in [0.25, 0.3) is 11.1 Å². The van der Waals surface area contributed by atoms with Crippen LogP contribution >= 0.6 is 0 Å². The number of benzene rings is 3. The molecule has 0 aromatic heterocycles. The fourth-order valence-electron chi connectivity index (χ4n) is 2.72.